The normalized spacial score (nSPS) is 17.4. The number of hydrogen-bond donors (Lipinski definition) is 5. The summed E-state index contributed by atoms with van der Waals surface area (Å²) in [4.78, 5) is 22.9. The molecule has 2 amide bonds. The van der Waals surface area contributed by atoms with Gasteiger partial charge in [0.2, 0.25) is 5.79 Å². The highest BCUT2D eigenvalue weighted by Crippen LogP contribution is 2.15. The third-order valence-electron chi connectivity index (χ3n) is 2.15. The molecule has 0 fully saturated rings. The first-order valence-electron chi connectivity index (χ1n) is 5.19. The fourth-order valence-corrected chi connectivity index (χ4v) is 1.61. The van der Waals surface area contributed by atoms with E-state index in [0.717, 1.165) is 0 Å². The standard InChI is InChI=1S/C9H17F2N3O2S2/c1-3-13-8(10,4-17)7(16)14-9(11,5-18)6(15)12-2/h13,17-18H,3-5H2,1-2H3,(H,12,15)(H,14,16). The predicted molar refractivity (Wildman–Crippen MR) is 71.3 cm³/mol. The van der Waals surface area contributed by atoms with Crippen molar-refractivity contribution >= 4 is 37.1 Å². The molecule has 0 saturated carbocycles. The van der Waals surface area contributed by atoms with Gasteiger partial charge < -0.3 is 10.6 Å². The third kappa shape index (κ3) is 3.99. The molecule has 0 radical (unpaired) electrons. The van der Waals surface area contributed by atoms with Gasteiger partial charge in [0.1, 0.15) is 0 Å². The maximum absolute atomic E-state index is 14.0. The van der Waals surface area contributed by atoms with Gasteiger partial charge in [-0.05, 0) is 6.54 Å². The molecule has 2 atom stereocenters. The summed E-state index contributed by atoms with van der Waals surface area (Å²) in [5.41, 5.74) is 0. The maximum Gasteiger partial charge on any atom is 0.279 e. The van der Waals surface area contributed by atoms with Crippen molar-refractivity contribution in [1.82, 2.24) is 16.0 Å². The maximum atomic E-state index is 14.0. The molecule has 106 valence electrons. The van der Waals surface area contributed by atoms with E-state index in [0.29, 0.717) is 0 Å². The summed E-state index contributed by atoms with van der Waals surface area (Å²) in [6, 6.07) is 0. The smallest absolute Gasteiger partial charge is 0.279 e. The summed E-state index contributed by atoms with van der Waals surface area (Å²) in [7, 11) is 1.19. The Morgan fingerprint density at radius 2 is 1.61 bits per heavy atom. The van der Waals surface area contributed by atoms with Crippen molar-refractivity contribution in [1.29, 1.82) is 0 Å². The minimum absolute atomic E-state index is 0.143. The highest BCUT2D eigenvalue weighted by atomic mass is 32.1. The molecule has 5 nitrogen and oxygen atoms in total. The lowest BCUT2D eigenvalue weighted by molar-refractivity contribution is -0.145. The Kier molecular flexibility index (Phi) is 6.93. The Bertz CT molecular complexity index is 322. The molecule has 0 saturated heterocycles. The number of carbonyl (C=O) groups excluding carboxylic acids is 2. The van der Waals surface area contributed by atoms with Gasteiger partial charge in [0.15, 0.2) is 0 Å². The second kappa shape index (κ2) is 7.15. The van der Waals surface area contributed by atoms with Crippen LogP contribution in [0.2, 0.25) is 0 Å². The summed E-state index contributed by atoms with van der Waals surface area (Å²) < 4.78 is 28.1. The molecule has 0 aromatic rings. The van der Waals surface area contributed by atoms with Crippen molar-refractivity contribution in [3.05, 3.63) is 0 Å². The van der Waals surface area contributed by atoms with Crippen LogP contribution in [0.4, 0.5) is 8.78 Å². The van der Waals surface area contributed by atoms with Gasteiger partial charge in [0.25, 0.3) is 17.6 Å². The molecule has 0 heterocycles. The summed E-state index contributed by atoms with van der Waals surface area (Å²) in [5, 5.41) is 5.95. The molecule has 9 heteroatoms. The number of carbonyl (C=O) groups is 2. The van der Waals surface area contributed by atoms with Crippen LogP contribution in [0.25, 0.3) is 0 Å². The van der Waals surface area contributed by atoms with E-state index in [2.05, 4.69) is 30.6 Å². The van der Waals surface area contributed by atoms with Crippen LogP contribution in [0.5, 0.6) is 0 Å². The van der Waals surface area contributed by atoms with Gasteiger partial charge in [-0.2, -0.15) is 25.3 Å². The second-order valence-electron chi connectivity index (χ2n) is 3.48. The van der Waals surface area contributed by atoms with Crippen LogP contribution >= 0.6 is 25.3 Å². The van der Waals surface area contributed by atoms with Crippen LogP contribution in [-0.2, 0) is 9.59 Å². The van der Waals surface area contributed by atoms with Crippen molar-refractivity contribution < 1.29 is 18.4 Å². The number of halogens is 2. The van der Waals surface area contributed by atoms with Gasteiger partial charge in [-0.25, -0.2) is 8.78 Å². The Morgan fingerprint density at radius 1 is 1.11 bits per heavy atom. The zero-order valence-corrected chi connectivity index (χ0v) is 11.9. The van der Waals surface area contributed by atoms with Gasteiger partial charge in [-0.1, -0.05) is 6.92 Å². The highest BCUT2D eigenvalue weighted by Gasteiger charge is 2.45. The molecule has 0 rings (SSSR count). The summed E-state index contributed by atoms with van der Waals surface area (Å²) in [5.74, 6) is -8.85. The van der Waals surface area contributed by atoms with E-state index in [9.17, 15) is 18.4 Å². The van der Waals surface area contributed by atoms with Crippen LogP contribution in [0, 0.1) is 0 Å². The molecule has 18 heavy (non-hydrogen) atoms. The molecular formula is C9H17F2N3O2S2. The largest absolute Gasteiger partial charge is 0.355 e. The van der Waals surface area contributed by atoms with E-state index in [1.165, 1.54) is 7.05 Å². The van der Waals surface area contributed by atoms with E-state index in [-0.39, 0.29) is 6.54 Å². The number of amides is 2. The number of rotatable bonds is 7. The van der Waals surface area contributed by atoms with Gasteiger partial charge >= 0.3 is 0 Å². The fraction of sp³-hybridized carbons (Fsp3) is 0.778. The average Bonchev–Trinajstić information content (AvgIpc) is 2.37. The van der Waals surface area contributed by atoms with Crippen molar-refractivity contribution in [3.63, 3.8) is 0 Å². The van der Waals surface area contributed by atoms with E-state index in [1.807, 2.05) is 5.32 Å². The SMILES string of the molecule is CCNC(F)(CS)C(=O)NC(F)(CS)C(=O)NC. The quantitative estimate of drug-likeness (QED) is 0.330. The minimum atomic E-state index is -2.77. The summed E-state index contributed by atoms with van der Waals surface area (Å²) >= 11 is 7.32. The molecule has 3 N–H and O–H groups in total. The molecule has 2 unspecified atom stereocenters. The third-order valence-corrected chi connectivity index (χ3v) is 3.02. The van der Waals surface area contributed by atoms with E-state index < -0.39 is 34.9 Å². The Balaban J connectivity index is 4.95. The average molecular weight is 301 g/mol. The molecule has 0 aliphatic carbocycles. The number of thiol groups is 2. The van der Waals surface area contributed by atoms with E-state index in [4.69, 9.17) is 0 Å². The van der Waals surface area contributed by atoms with Crippen molar-refractivity contribution in [3.8, 4) is 0 Å². The molecule has 0 spiro atoms. The monoisotopic (exact) mass is 301 g/mol. The van der Waals surface area contributed by atoms with Crippen molar-refractivity contribution in [2.24, 2.45) is 0 Å². The number of alkyl halides is 2. The second-order valence-corrected chi connectivity index (χ2v) is 4.11. The molecular weight excluding hydrogens is 284 g/mol. The van der Waals surface area contributed by atoms with Crippen LogP contribution in [-0.4, -0.2) is 48.5 Å². The van der Waals surface area contributed by atoms with Gasteiger partial charge in [0.05, 0.1) is 5.75 Å². The number of hydrogen-bond acceptors (Lipinski definition) is 5. The zero-order chi connectivity index (χ0) is 14.4. The van der Waals surface area contributed by atoms with Crippen molar-refractivity contribution in [2.45, 2.75) is 18.5 Å². The molecule has 0 aliphatic rings. The van der Waals surface area contributed by atoms with E-state index >= 15 is 0 Å². The fourth-order valence-electron chi connectivity index (χ4n) is 1.13. The Hall–Kier alpha value is -0.540. The van der Waals surface area contributed by atoms with Crippen LogP contribution < -0.4 is 16.0 Å². The highest BCUT2D eigenvalue weighted by molar-refractivity contribution is 7.80. The van der Waals surface area contributed by atoms with Gasteiger partial charge in [-0.15, -0.1) is 0 Å². The molecule has 0 aromatic heterocycles. The molecule has 0 aliphatic heterocycles. The zero-order valence-electron chi connectivity index (χ0n) is 10.1. The lowest BCUT2D eigenvalue weighted by Gasteiger charge is -2.28. The van der Waals surface area contributed by atoms with Gasteiger partial charge in [0, 0.05) is 12.8 Å². The first-order valence-corrected chi connectivity index (χ1v) is 6.45. The Morgan fingerprint density at radius 3 is 1.94 bits per heavy atom. The van der Waals surface area contributed by atoms with Crippen LogP contribution in [0.3, 0.4) is 0 Å². The summed E-state index contributed by atoms with van der Waals surface area (Å²) in [6.45, 7) is 1.72. The van der Waals surface area contributed by atoms with Gasteiger partial charge in [-0.3, -0.25) is 14.9 Å². The predicted octanol–water partition coefficient (Wildman–Crippen LogP) is -0.351. The Labute approximate surface area is 115 Å². The topological polar surface area (TPSA) is 70.2 Å². The first kappa shape index (κ1) is 17.5. The van der Waals surface area contributed by atoms with Crippen molar-refractivity contribution in [2.75, 3.05) is 25.1 Å². The number of likely N-dealkylation sites (N-methyl/N-ethyl adjacent to an activating group) is 2. The van der Waals surface area contributed by atoms with Crippen LogP contribution in [0.1, 0.15) is 6.92 Å². The first-order chi connectivity index (χ1) is 8.29. The summed E-state index contributed by atoms with van der Waals surface area (Å²) in [6.07, 6.45) is 0. The number of nitrogens with one attached hydrogen (secondary N) is 3. The van der Waals surface area contributed by atoms with Crippen LogP contribution in [0.15, 0.2) is 0 Å². The lowest BCUT2D eigenvalue weighted by atomic mass is 10.2. The lowest BCUT2D eigenvalue weighted by Crippen LogP contribution is -2.64. The minimum Gasteiger partial charge on any atom is -0.355 e. The molecule has 0 aromatic carbocycles. The van der Waals surface area contributed by atoms with E-state index in [1.54, 1.807) is 12.2 Å². The molecule has 0 bridgehead atoms.